The summed E-state index contributed by atoms with van der Waals surface area (Å²) in [6.07, 6.45) is 3.39. The second-order valence-electron chi connectivity index (χ2n) is 3.59. The quantitative estimate of drug-likeness (QED) is 0.821. The van der Waals surface area contributed by atoms with E-state index in [1.807, 2.05) is 30.3 Å². The Hall–Kier alpha value is -2.29. The molecule has 0 spiro atoms. The number of methoxy groups -OCH3 is 1. The van der Waals surface area contributed by atoms with E-state index in [0.717, 1.165) is 16.3 Å². The van der Waals surface area contributed by atoms with Crippen molar-refractivity contribution in [2.45, 2.75) is 0 Å². The standard InChI is InChI=1S/C14H12O3/c1-17-9-8-10-6-7-13(14(15)16)12-5-3-2-4-11(10)12/h2-9H,1H3,(H,15,16). The zero-order valence-corrected chi connectivity index (χ0v) is 9.38. The number of carboxylic acid groups (broad SMARTS) is 1. The molecule has 0 bridgehead atoms. The van der Waals surface area contributed by atoms with Gasteiger partial charge in [0.2, 0.25) is 0 Å². The predicted molar refractivity (Wildman–Crippen MR) is 67.0 cm³/mol. The van der Waals surface area contributed by atoms with E-state index >= 15 is 0 Å². The monoisotopic (exact) mass is 228 g/mol. The normalized spacial score (nSPS) is 10.9. The van der Waals surface area contributed by atoms with Gasteiger partial charge in [-0.25, -0.2) is 4.79 Å². The summed E-state index contributed by atoms with van der Waals surface area (Å²) < 4.78 is 4.88. The van der Waals surface area contributed by atoms with Gasteiger partial charge in [0.05, 0.1) is 18.9 Å². The van der Waals surface area contributed by atoms with Crippen molar-refractivity contribution < 1.29 is 14.6 Å². The van der Waals surface area contributed by atoms with Crippen LogP contribution in [0.5, 0.6) is 0 Å². The van der Waals surface area contributed by atoms with Crippen LogP contribution < -0.4 is 0 Å². The summed E-state index contributed by atoms with van der Waals surface area (Å²) >= 11 is 0. The minimum atomic E-state index is -0.913. The average Bonchev–Trinajstić information content (AvgIpc) is 2.35. The van der Waals surface area contributed by atoms with Crippen LogP contribution in [0.2, 0.25) is 0 Å². The van der Waals surface area contributed by atoms with Crippen LogP contribution in [0.4, 0.5) is 0 Å². The molecule has 2 rings (SSSR count). The number of ether oxygens (including phenoxy) is 1. The highest BCUT2D eigenvalue weighted by Crippen LogP contribution is 2.23. The zero-order chi connectivity index (χ0) is 12.3. The molecule has 2 aromatic carbocycles. The number of rotatable bonds is 3. The molecule has 0 atom stereocenters. The molecule has 0 aliphatic heterocycles. The highest BCUT2D eigenvalue weighted by molar-refractivity contribution is 6.06. The van der Waals surface area contributed by atoms with Crippen LogP contribution in [0.15, 0.2) is 42.7 Å². The fraction of sp³-hybridized carbons (Fsp3) is 0.0714. The van der Waals surface area contributed by atoms with Gasteiger partial charge in [0, 0.05) is 0 Å². The molecule has 3 nitrogen and oxygen atoms in total. The molecule has 3 heteroatoms. The van der Waals surface area contributed by atoms with Crippen molar-refractivity contribution >= 4 is 22.8 Å². The van der Waals surface area contributed by atoms with Gasteiger partial charge < -0.3 is 9.84 Å². The van der Waals surface area contributed by atoms with Gasteiger partial charge in [-0.2, -0.15) is 0 Å². The molecular weight excluding hydrogens is 216 g/mol. The van der Waals surface area contributed by atoms with Crippen molar-refractivity contribution in [1.82, 2.24) is 0 Å². The van der Waals surface area contributed by atoms with Crippen LogP contribution in [-0.4, -0.2) is 18.2 Å². The fourth-order valence-corrected chi connectivity index (χ4v) is 1.80. The summed E-state index contributed by atoms with van der Waals surface area (Å²) in [4.78, 5) is 11.1. The molecule has 0 aliphatic rings. The maximum absolute atomic E-state index is 11.1. The van der Waals surface area contributed by atoms with Crippen LogP contribution in [-0.2, 0) is 4.74 Å². The number of carbonyl (C=O) groups is 1. The van der Waals surface area contributed by atoms with Crippen molar-refractivity contribution in [3.63, 3.8) is 0 Å². The maximum Gasteiger partial charge on any atom is 0.336 e. The Labute approximate surface area is 99.0 Å². The second kappa shape index (κ2) is 4.70. The number of hydrogen-bond donors (Lipinski definition) is 1. The molecule has 0 amide bonds. The Balaban J connectivity index is 2.70. The van der Waals surface area contributed by atoms with Gasteiger partial charge >= 0.3 is 5.97 Å². The summed E-state index contributed by atoms with van der Waals surface area (Å²) in [5, 5.41) is 10.7. The molecule has 17 heavy (non-hydrogen) atoms. The summed E-state index contributed by atoms with van der Waals surface area (Å²) in [6.45, 7) is 0. The Bertz CT molecular complexity index is 585. The molecule has 0 fully saturated rings. The van der Waals surface area contributed by atoms with Crippen LogP contribution in [0.1, 0.15) is 15.9 Å². The van der Waals surface area contributed by atoms with Crippen molar-refractivity contribution in [2.24, 2.45) is 0 Å². The molecule has 0 heterocycles. The van der Waals surface area contributed by atoms with Crippen LogP contribution in [0, 0.1) is 0 Å². The summed E-state index contributed by atoms with van der Waals surface area (Å²) in [5.74, 6) is -0.913. The first kappa shape index (κ1) is 11.2. The highest BCUT2D eigenvalue weighted by Gasteiger charge is 2.09. The lowest BCUT2D eigenvalue weighted by molar-refractivity contribution is 0.0699. The third-order valence-corrected chi connectivity index (χ3v) is 2.57. The van der Waals surface area contributed by atoms with E-state index in [0.29, 0.717) is 5.56 Å². The number of aromatic carboxylic acids is 1. The smallest absolute Gasteiger partial charge is 0.336 e. The van der Waals surface area contributed by atoms with E-state index in [4.69, 9.17) is 9.84 Å². The first-order chi connectivity index (χ1) is 8.24. The molecule has 1 N–H and O–H groups in total. The van der Waals surface area contributed by atoms with Crippen molar-refractivity contribution in [2.75, 3.05) is 7.11 Å². The summed E-state index contributed by atoms with van der Waals surface area (Å²) in [7, 11) is 1.57. The summed E-state index contributed by atoms with van der Waals surface area (Å²) in [5.41, 5.74) is 1.25. The van der Waals surface area contributed by atoms with E-state index < -0.39 is 5.97 Å². The van der Waals surface area contributed by atoms with Crippen LogP contribution in [0.3, 0.4) is 0 Å². The Kier molecular flexibility index (Phi) is 3.10. The Morgan fingerprint density at radius 3 is 2.53 bits per heavy atom. The van der Waals surface area contributed by atoms with Crippen LogP contribution in [0.25, 0.3) is 16.8 Å². The third kappa shape index (κ3) is 2.13. The maximum atomic E-state index is 11.1. The molecule has 2 aromatic rings. The molecule has 0 saturated carbocycles. The molecular formula is C14H12O3. The lowest BCUT2D eigenvalue weighted by atomic mass is 9.99. The molecule has 0 saturated heterocycles. The van der Waals surface area contributed by atoms with E-state index in [1.54, 1.807) is 25.5 Å². The van der Waals surface area contributed by atoms with Gasteiger partial charge in [-0.3, -0.25) is 0 Å². The summed E-state index contributed by atoms with van der Waals surface area (Å²) in [6, 6.07) is 10.8. The molecule has 0 aliphatic carbocycles. The van der Waals surface area contributed by atoms with E-state index in [9.17, 15) is 4.79 Å². The Morgan fingerprint density at radius 2 is 1.88 bits per heavy atom. The first-order valence-electron chi connectivity index (χ1n) is 5.18. The largest absolute Gasteiger partial charge is 0.504 e. The second-order valence-corrected chi connectivity index (χ2v) is 3.59. The van der Waals surface area contributed by atoms with Gasteiger partial charge in [-0.1, -0.05) is 30.3 Å². The molecule has 0 aromatic heterocycles. The van der Waals surface area contributed by atoms with E-state index in [1.165, 1.54) is 0 Å². The fourth-order valence-electron chi connectivity index (χ4n) is 1.80. The Morgan fingerprint density at radius 1 is 1.18 bits per heavy atom. The minimum absolute atomic E-state index is 0.315. The molecule has 0 radical (unpaired) electrons. The number of carboxylic acids is 1. The van der Waals surface area contributed by atoms with Crippen molar-refractivity contribution in [1.29, 1.82) is 0 Å². The third-order valence-electron chi connectivity index (χ3n) is 2.57. The lowest BCUT2D eigenvalue weighted by Crippen LogP contribution is -1.97. The minimum Gasteiger partial charge on any atom is -0.504 e. The van der Waals surface area contributed by atoms with Gasteiger partial charge in [-0.05, 0) is 28.5 Å². The molecule has 86 valence electrons. The zero-order valence-electron chi connectivity index (χ0n) is 9.38. The number of hydrogen-bond acceptors (Lipinski definition) is 2. The topological polar surface area (TPSA) is 46.5 Å². The van der Waals surface area contributed by atoms with Gasteiger partial charge in [0.25, 0.3) is 0 Å². The molecule has 0 unspecified atom stereocenters. The first-order valence-corrected chi connectivity index (χ1v) is 5.18. The van der Waals surface area contributed by atoms with Gasteiger partial charge in [0.15, 0.2) is 0 Å². The average molecular weight is 228 g/mol. The van der Waals surface area contributed by atoms with Crippen molar-refractivity contribution in [3.8, 4) is 0 Å². The number of fused-ring (bicyclic) bond motifs is 1. The van der Waals surface area contributed by atoms with Gasteiger partial charge in [0.1, 0.15) is 0 Å². The predicted octanol–water partition coefficient (Wildman–Crippen LogP) is 3.16. The highest BCUT2D eigenvalue weighted by atomic mass is 16.5. The SMILES string of the molecule is COC=Cc1ccc(C(=O)O)c2ccccc12. The van der Waals surface area contributed by atoms with Crippen molar-refractivity contribution in [3.05, 3.63) is 53.8 Å². The van der Waals surface area contributed by atoms with E-state index in [2.05, 4.69) is 0 Å². The van der Waals surface area contributed by atoms with E-state index in [-0.39, 0.29) is 0 Å². The van der Waals surface area contributed by atoms with Crippen LogP contribution >= 0.6 is 0 Å². The lowest BCUT2D eigenvalue weighted by Gasteiger charge is -2.05. The van der Waals surface area contributed by atoms with Gasteiger partial charge in [-0.15, -0.1) is 0 Å². The number of benzene rings is 2.